The van der Waals surface area contributed by atoms with Crippen LogP contribution in [-0.2, 0) is 33.9 Å². The van der Waals surface area contributed by atoms with E-state index in [-0.39, 0.29) is 31.1 Å². The predicted octanol–water partition coefficient (Wildman–Crippen LogP) is 4.28. The smallest absolute Gasteiger partial charge is 0.408 e. The molecule has 172 valence electrons. The standard InChI is InChI=1S/C26H27NO6/c1-30-24-16-21(13-14-23(24)32-17-19-9-5-3-6-10-19)15-22(25(28)31-2)27-26(29)33-18-20-11-7-4-8-12-20/h3-14,16,22H,15,17-18H2,1-2H3,(H,27,29)/t22-/m0/s1/i1D3. The molecule has 0 aliphatic heterocycles. The van der Waals surface area contributed by atoms with Crippen molar-refractivity contribution in [2.75, 3.05) is 14.1 Å². The van der Waals surface area contributed by atoms with Gasteiger partial charge in [-0.1, -0.05) is 66.7 Å². The van der Waals surface area contributed by atoms with Crippen molar-refractivity contribution in [3.63, 3.8) is 0 Å². The van der Waals surface area contributed by atoms with E-state index in [0.717, 1.165) is 11.1 Å². The number of rotatable bonds is 10. The molecule has 0 saturated heterocycles. The van der Waals surface area contributed by atoms with E-state index in [0.29, 0.717) is 5.56 Å². The van der Waals surface area contributed by atoms with Gasteiger partial charge in [0.1, 0.15) is 19.3 Å². The highest BCUT2D eigenvalue weighted by Gasteiger charge is 2.23. The Morgan fingerprint density at radius 1 is 0.879 bits per heavy atom. The molecule has 0 fully saturated rings. The van der Waals surface area contributed by atoms with E-state index in [1.54, 1.807) is 24.3 Å². The number of nitrogens with one attached hydrogen (secondary N) is 1. The number of carbonyl (C=O) groups is 2. The first-order valence-electron chi connectivity index (χ1n) is 11.8. The highest BCUT2D eigenvalue weighted by atomic mass is 16.6. The topological polar surface area (TPSA) is 83.1 Å². The molecule has 0 spiro atoms. The summed E-state index contributed by atoms with van der Waals surface area (Å²) in [5.41, 5.74) is 2.20. The van der Waals surface area contributed by atoms with E-state index < -0.39 is 25.1 Å². The predicted molar refractivity (Wildman–Crippen MR) is 123 cm³/mol. The first-order valence-corrected chi connectivity index (χ1v) is 10.3. The molecule has 7 nitrogen and oxygen atoms in total. The normalized spacial score (nSPS) is 12.9. The van der Waals surface area contributed by atoms with Crippen LogP contribution in [0.1, 0.15) is 20.8 Å². The van der Waals surface area contributed by atoms with Crippen LogP contribution in [0.2, 0.25) is 0 Å². The number of alkyl carbamates (subject to hydrolysis) is 1. The largest absolute Gasteiger partial charge is 0.493 e. The molecule has 0 heterocycles. The number of hydrogen-bond donors (Lipinski definition) is 1. The quantitative estimate of drug-likeness (QED) is 0.462. The maximum Gasteiger partial charge on any atom is 0.408 e. The molecule has 0 radical (unpaired) electrons. The highest BCUT2D eigenvalue weighted by molar-refractivity contribution is 5.81. The van der Waals surface area contributed by atoms with Gasteiger partial charge in [0.25, 0.3) is 0 Å². The van der Waals surface area contributed by atoms with E-state index in [1.807, 2.05) is 48.5 Å². The lowest BCUT2D eigenvalue weighted by Gasteiger charge is -2.18. The molecule has 1 amide bonds. The van der Waals surface area contributed by atoms with E-state index in [9.17, 15) is 9.59 Å². The lowest BCUT2D eigenvalue weighted by molar-refractivity contribution is -0.143. The Morgan fingerprint density at radius 2 is 1.55 bits per heavy atom. The third-order valence-electron chi connectivity index (χ3n) is 4.79. The van der Waals surface area contributed by atoms with E-state index in [1.165, 1.54) is 13.2 Å². The fourth-order valence-electron chi connectivity index (χ4n) is 3.09. The Balaban J connectivity index is 1.72. The van der Waals surface area contributed by atoms with Crippen molar-refractivity contribution in [3.05, 3.63) is 95.6 Å². The third kappa shape index (κ3) is 7.28. The lowest BCUT2D eigenvalue weighted by atomic mass is 10.1. The third-order valence-corrected chi connectivity index (χ3v) is 4.79. The number of esters is 1. The number of amides is 1. The summed E-state index contributed by atoms with van der Waals surface area (Å²) in [5.74, 6) is -0.475. The number of ether oxygens (including phenoxy) is 4. The molecule has 3 aromatic rings. The van der Waals surface area contributed by atoms with Crippen LogP contribution >= 0.6 is 0 Å². The van der Waals surface area contributed by atoms with Crippen LogP contribution in [0.25, 0.3) is 0 Å². The zero-order chi connectivity index (χ0) is 26.0. The van der Waals surface area contributed by atoms with Crippen molar-refractivity contribution in [1.82, 2.24) is 5.32 Å². The summed E-state index contributed by atoms with van der Waals surface area (Å²) >= 11 is 0. The molecule has 0 unspecified atom stereocenters. The van der Waals surface area contributed by atoms with Crippen LogP contribution in [0.3, 0.4) is 0 Å². The average molecular weight is 453 g/mol. The summed E-state index contributed by atoms with van der Waals surface area (Å²) in [4.78, 5) is 24.6. The van der Waals surface area contributed by atoms with Gasteiger partial charge in [-0.05, 0) is 28.8 Å². The first kappa shape index (κ1) is 19.7. The van der Waals surface area contributed by atoms with Gasteiger partial charge in [0.2, 0.25) is 0 Å². The second-order valence-electron chi connectivity index (χ2n) is 7.14. The highest BCUT2D eigenvalue weighted by Crippen LogP contribution is 2.29. The lowest BCUT2D eigenvalue weighted by Crippen LogP contribution is -2.43. The van der Waals surface area contributed by atoms with Crippen molar-refractivity contribution in [3.8, 4) is 11.5 Å². The summed E-state index contributed by atoms with van der Waals surface area (Å²) in [6, 6.07) is 22.1. The average Bonchev–Trinajstić information content (AvgIpc) is 2.86. The summed E-state index contributed by atoms with van der Waals surface area (Å²) in [7, 11) is -1.51. The molecular weight excluding hydrogens is 422 g/mol. The minimum Gasteiger partial charge on any atom is -0.493 e. The maximum atomic E-state index is 12.3. The fourth-order valence-corrected chi connectivity index (χ4v) is 3.09. The summed E-state index contributed by atoms with van der Waals surface area (Å²) < 4.78 is 43.4. The van der Waals surface area contributed by atoms with Crippen LogP contribution in [0, 0.1) is 0 Å². The Bertz CT molecular complexity index is 1140. The molecule has 0 aliphatic rings. The number of benzene rings is 3. The Hall–Kier alpha value is -4.00. The van der Waals surface area contributed by atoms with Crippen molar-refractivity contribution < 1.29 is 32.6 Å². The second kappa shape index (κ2) is 12.1. The van der Waals surface area contributed by atoms with Gasteiger partial charge in [0.05, 0.1) is 18.3 Å². The monoisotopic (exact) mass is 452 g/mol. The summed E-state index contributed by atoms with van der Waals surface area (Å²) in [5, 5.41) is 2.50. The van der Waals surface area contributed by atoms with E-state index in [4.69, 9.17) is 23.1 Å². The van der Waals surface area contributed by atoms with Crippen molar-refractivity contribution in [2.45, 2.75) is 25.7 Å². The number of carbonyl (C=O) groups excluding carboxylic acids is 2. The molecule has 33 heavy (non-hydrogen) atoms. The minimum absolute atomic E-state index is 0.00341. The Morgan fingerprint density at radius 3 is 2.18 bits per heavy atom. The summed E-state index contributed by atoms with van der Waals surface area (Å²) in [6.45, 7) is 0.238. The van der Waals surface area contributed by atoms with Gasteiger partial charge in [-0.2, -0.15) is 0 Å². The maximum absolute atomic E-state index is 12.3. The van der Waals surface area contributed by atoms with Crippen LogP contribution in [0.15, 0.2) is 78.9 Å². The van der Waals surface area contributed by atoms with E-state index >= 15 is 0 Å². The molecule has 7 heteroatoms. The van der Waals surface area contributed by atoms with Crippen LogP contribution < -0.4 is 14.8 Å². The Kier molecular flexibility index (Phi) is 7.24. The first-order chi connectivity index (χ1) is 17.2. The molecule has 0 saturated carbocycles. The summed E-state index contributed by atoms with van der Waals surface area (Å²) in [6.07, 6.45) is -0.792. The van der Waals surface area contributed by atoms with Crippen LogP contribution in [0.4, 0.5) is 4.79 Å². The van der Waals surface area contributed by atoms with Gasteiger partial charge in [0.15, 0.2) is 11.5 Å². The molecular formula is C26H27NO6. The van der Waals surface area contributed by atoms with Gasteiger partial charge in [-0.25, -0.2) is 9.59 Å². The fraction of sp³-hybridized carbons (Fsp3) is 0.231. The molecule has 0 aromatic heterocycles. The molecule has 0 bridgehead atoms. The minimum atomic E-state index is -2.72. The SMILES string of the molecule is [2H]C([2H])([2H])Oc1cc(C[C@H](NC(=O)OCc2ccccc2)C(=O)OC)ccc1OCc1ccccc1. The number of methoxy groups -OCH3 is 2. The van der Waals surface area contributed by atoms with Crippen molar-refractivity contribution in [2.24, 2.45) is 0 Å². The number of hydrogen-bond acceptors (Lipinski definition) is 6. The van der Waals surface area contributed by atoms with Crippen LogP contribution in [-0.4, -0.2) is 32.3 Å². The van der Waals surface area contributed by atoms with Gasteiger partial charge in [0, 0.05) is 6.42 Å². The molecule has 0 aliphatic carbocycles. The van der Waals surface area contributed by atoms with Gasteiger partial charge in [-0.15, -0.1) is 0 Å². The van der Waals surface area contributed by atoms with Crippen molar-refractivity contribution >= 4 is 12.1 Å². The second-order valence-corrected chi connectivity index (χ2v) is 7.14. The molecule has 1 atom stereocenters. The van der Waals surface area contributed by atoms with Gasteiger partial charge in [-0.3, -0.25) is 0 Å². The molecule has 3 aromatic carbocycles. The van der Waals surface area contributed by atoms with Crippen molar-refractivity contribution in [1.29, 1.82) is 0 Å². The zero-order valence-electron chi connectivity index (χ0n) is 21.2. The molecule has 1 N–H and O–H groups in total. The zero-order valence-corrected chi connectivity index (χ0v) is 18.2. The molecule has 3 rings (SSSR count). The Labute approximate surface area is 197 Å². The van der Waals surface area contributed by atoms with E-state index in [2.05, 4.69) is 5.32 Å². The van der Waals surface area contributed by atoms with Gasteiger partial charge < -0.3 is 24.3 Å². The van der Waals surface area contributed by atoms with Gasteiger partial charge >= 0.3 is 12.1 Å². The van der Waals surface area contributed by atoms with Crippen LogP contribution in [0.5, 0.6) is 11.5 Å².